The van der Waals surface area contributed by atoms with E-state index in [9.17, 15) is 37.9 Å². The van der Waals surface area contributed by atoms with Crippen molar-refractivity contribution < 1.29 is 84.5 Å². The van der Waals surface area contributed by atoms with Gasteiger partial charge in [-0.2, -0.15) is 8.62 Å². The first-order chi connectivity index (χ1) is 31.3. The first-order valence-electron chi connectivity index (χ1n) is 19.0. The van der Waals surface area contributed by atoms with Gasteiger partial charge < -0.3 is 69.0 Å². The van der Waals surface area contributed by atoms with Gasteiger partial charge in [0.05, 0.1) is 43.4 Å². The molecular formula is C33H43N12O18P3. The number of carbonyl (C=O) groups is 3. The lowest BCUT2D eigenvalue weighted by Gasteiger charge is -2.21. The van der Waals surface area contributed by atoms with E-state index in [2.05, 4.69) is 61.1 Å². The number of nitrogens with one attached hydrogen (secondary N) is 2. The van der Waals surface area contributed by atoms with Crippen molar-refractivity contribution in [1.29, 1.82) is 0 Å². The van der Waals surface area contributed by atoms with Crippen LogP contribution < -0.4 is 21.1 Å². The Morgan fingerprint density at radius 2 is 1.88 bits per heavy atom. The van der Waals surface area contributed by atoms with Gasteiger partial charge in [0, 0.05) is 41.0 Å². The van der Waals surface area contributed by atoms with Crippen LogP contribution in [-0.2, 0) is 55.4 Å². The summed E-state index contributed by atoms with van der Waals surface area (Å²) in [7, 11) is -17.0. The van der Waals surface area contributed by atoms with E-state index in [1.165, 1.54) is 23.8 Å². The third-order valence-corrected chi connectivity index (χ3v) is 12.2. The molecule has 30 nitrogen and oxygen atoms in total. The molecule has 2 amide bonds. The highest BCUT2D eigenvalue weighted by Crippen LogP contribution is 2.66. The first kappa shape index (κ1) is 53.1. The molecule has 0 bridgehead atoms. The third-order valence-electron chi connectivity index (χ3n) is 8.39. The molecule has 0 radical (unpaired) electrons. The zero-order valence-electron chi connectivity index (χ0n) is 34.5. The monoisotopic (exact) mass is 988 g/mol. The van der Waals surface area contributed by atoms with Crippen molar-refractivity contribution in [2.24, 2.45) is 10.2 Å². The molecule has 33 heteroatoms. The maximum Gasteiger partial charge on any atom is 0.490 e. The second-order valence-electron chi connectivity index (χ2n) is 13.3. The van der Waals surface area contributed by atoms with E-state index in [1.54, 1.807) is 18.2 Å². The number of anilines is 1. The molecule has 2 aromatic heterocycles. The van der Waals surface area contributed by atoms with Crippen LogP contribution in [0.15, 0.2) is 47.0 Å². The van der Waals surface area contributed by atoms with Gasteiger partial charge in [0.15, 0.2) is 6.23 Å². The van der Waals surface area contributed by atoms with Crippen LogP contribution in [0.2, 0.25) is 0 Å². The predicted molar refractivity (Wildman–Crippen MR) is 223 cm³/mol. The Balaban J connectivity index is 1.28. The lowest BCUT2D eigenvalue weighted by atomic mass is 10.2. The minimum atomic E-state index is -5.80. The number of aromatic nitrogens is 3. The molecule has 3 aromatic rings. The van der Waals surface area contributed by atoms with E-state index in [0.29, 0.717) is 30.7 Å². The number of nitrogens with zero attached hydrogens (tertiary/aromatic N) is 9. The molecule has 0 aliphatic carbocycles. The van der Waals surface area contributed by atoms with Gasteiger partial charge in [0.2, 0.25) is 5.91 Å². The molecule has 4 rings (SSSR count). The zero-order valence-corrected chi connectivity index (χ0v) is 37.2. The summed E-state index contributed by atoms with van der Waals surface area (Å²) in [6.45, 7) is -0.506. The van der Waals surface area contributed by atoms with E-state index in [1.807, 2.05) is 0 Å². The first-order valence-corrected chi connectivity index (χ1v) is 23.5. The fourth-order valence-corrected chi connectivity index (χ4v) is 8.72. The van der Waals surface area contributed by atoms with Crippen molar-refractivity contribution in [1.82, 2.24) is 25.2 Å². The van der Waals surface area contributed by atoms with Gasteiger partial charge >= 0.3 is 23.5 Å². The maximum atomic E-state index is 12.4. The summed E-state index contributed by atoms with van der Waals surface area (Å²) in [5.74, 6) is 5.09. The number of ether oxygens (including phenoxy) is 5. The largest absolute Gasteiger partial charge is 0.491 e. The lowest BCUT2D eigenvalue weighted by Crippen LogP contribution is -2.29. The summed E-state index contributed by atoms with van der Waals surface area (Å²) >= 11 is 0. The molecule has 358 valence electrons. The topological polar surface area (TPSA) is 435 Å². The summed E-state index contributed by atoms with van der Waals surface area (Å²) in [5, 5.41) is 12.4. The van der Waals surface area contributed by atoms with E-state index in [4.69, 9.17) is 54.8 Å². The lowest BCUT2D eigenvalue weighted by molar-refractivity contribution is -0.126. The van der Waals surface area contributed by atoms with Crippen LogP contribution in [0.4, 0.5) is 5.82 Å². The van der Waals surface area contributed by atoms with E-state index >= 15 is 0 Å². The molecule has 66 heavy (non-hydrogen) atoms. The van der Waals surface area contributed by atoms with Crippen LogP contribution in [0, 0.1) is 11.8 Å². The number of nitrogens with two attached hydrogens (primary N) is 1. The van der Waals surface area contributed by atoms with Crippen LogP contribution in [0.1, 0.15) is 48.3 Å². The van der Waals surface area contributed by atoms with Crippen molar-refractivity contribution in [2.45, 2.75) is 50.8 Å². The van der Waals surface area contributed by atoms with Gasteiger partial charge in [0.25, 0.3) is 5.91 Å². The number of Topliss-reactive ketones (excluding diaryl/α,β-unsaturated/α-hetero) is 1. The number of hydrogen-bond donors (Lipinski definition) is 7. The van der Waals surface area contributed by atoms with E-state index < -0.39 is 67.4 Å². The number of fused-ring (bicyclic) bond motifs is 1. The molecule has 1 aliphatic rings. The molecule has 1 aromatic carbocycles. The molecule has 6 atom stereocenters. The minimum Gasteiger partial charge on any atom is -0.491 e. The smallest absolute Gasteiger partial charge is 0.490 e. The fourth-order valence-electron chi connectivity index (χ4n) is 5.69. The third kappa shape index (κ3) is 18.0. The highest BCUT2D eigenvalue weighted by Gasteiger charge is 2.43. The average Bonchev–Trinajstić information content (AvgIpc) is 3.82. The van der Waals surface area contributed by atoms with Crippen LogP contribution in [-0.4, -0.2) is 123 Å². The molecule has 1 aliphatic heterocycles. The molecule has 0 saturated carbocycles. The van der Waals surface area contributed by atoms with E-state index in [-0.39, 0.29) is 73.5 Å². The molecule has 1 fully saturated rings. The fraction of sp³-hybridized carbons (Fsp3) is 0.485. The summed E-state index contributed by atoms with van der Waals surface area (Å²) < 4.78 is 76.8. The van der Waals surface area contributed by atoms with Crippen LogP contribution in [0.5, 0.6) is 5.75 Å². The summed E-state index contributed by atoms with van der Waals surface area (Å²) in [6.07, 6.45) is -0.903. The van der Waals surface area contributed by atoms with Crippen molar-refractivity contribution >= 4 is 57.9 Å². The number of phosphoric ester groups is 1. The minimum absolute atomic E-state index is 0.0169. The number of nitrogen functional groups attached to an aromatic ring is 1. The average molecular weight is 989 g/mol. The Labute approximate surface area is 373 Å². The van der Waals surface area contributed by atoms with Crippen LogP contribution >= 0.6 is 23.5 Å². The highest BCUT2D eigenvalue weighted by atomic mass is 31.3. The number of hydrogen-bond acceptors (Lipinski definition) is 19. The van der Waals surface area contributed by atoms with Gasteiger partial charge in [-0.25, -0.2) is 23.7 Å². The van der Waals surface area contributed by atoms with Gasteiger partial charge in [-0.3, -0.25) is 14.1 Å². The van der Waals surface area contributed by atoms with Crippen LogP contribution in [0.25, 0.3) is 31.9 Å². The molecule has 8 N–H and O–H groups in total. The Hall–Kier alpha value is -5.52. The van der Waals surface area contributed by atoms with Gasteiger partial charge in [-0.1, -0.05) is 28.1 Å². The van der Waals surface area contributed by atoms with Crippen molar-refractivity contribution in [2.75, 3.05) is 58.6 Å². The number of phosphoric acid groups is 3. The van der Waals surface area contributed by atoms with Crippen molar-refractivity contribution in [3.8, 4) is 17.6 Å². The number of benzene rings is 1. The Morgan fingerprint density at radius 3 is 2.61 bits per heavy atom. The van der Waals surface area contributed by atoms with Crippen LogP contribution in [0.3, 0.4) is 0 Å². The van der Waals surface area contributed by atoms with Crippen molar-refractivity contribution in [3.05, 3.63) is 68.8 Å². The summed E-state index contributed by atoms with van der Waals surface area (Å²) in [5.41, 5.74) is 24.6. The summed E-state index contributed by atoms with van der Waals surface area (Å²) in [6, 6.07) is 6.29. The Kier molecular flexibility index (Phi) is 20.4. The second-order valence-corrected chi connectivity index (χ2v) is 17.7. The molecule has 3 heterocycles. The number of carbonyl (C=O) groups excluding carboxylic acids is 3. The maximum absolute atomic E-state index is 12.4. The van der Waals surface area contributed by atoms with Gasteiger partial charge in [-0.15, -0.1) is 0 Å². The molecule has 4 unspecified atom stereocenters. The molecular weight excluding hydrogens is 945 g/mol. The molecule has 0 spiro atoms. The van der Waals surface area contributed by atoms with Gasteiger partial charge in [0.1, 0.15) is 61.6 Å². The number of ketones is 1. The van der Waals surface area contributed by atoms with E-state index in [0.717, 1.165) is 6.33 Å². The van der Waals surface area contributed by atoms with Crippen molar-refractivity contribution in [3.63, 3.8) is 0 Å². The normalized spacial score (nSPS) is 18.0. The standard InChI is InChI=1S/C33H43N12O18P3/c1-21(46)5-3-10-38-33(48)22-6-2-8-24(13-22)58-18-28(42-44-36)57-12-11-56-17-27(47)37-9-4-7-23-15-45(32-30(23)31(34)39-19-40-32)29-14-25(59-20-41-43-35)26(61-29)16-60-65(52,53)63-66(54,55)62-64(49,50)51/h2,6,8,13,15,19,25-26,28-29H,3,5,9-12,14,16-18,20H2,1H3,(H,37,47)(H,38,48)(H,52,53)(H,54,55)(H2,34,39,40)(H2,49,50,51)/t25-,26?,28?,29+/m1/s1. The Morgan fingerprint density at radius 1 is 1.09 bits per heavy atom. The number of azide groups is 2. The summed E-state index contributed by atoms with van der Waals surface area (Å²) in [4.78, 5) is 86.5. The second kappa shape index (κ2) is 25.4. The van der Waals surface area contributed by atoms with Gasteiger partial charge in [-0.05, 0) is 42.6 Å². The number of amides is 2. The Bertz CT molecular complexity index is 2500. The SMILES string of the molecule is CC(=O)CCCNC(=O)c1cccc(OCC(N=[N+]=[N-])OCCOCC(=O)NCC#Cc2cn([C@@H]3C[C@@H](OCN=[N+]=[N-])C(COP(=O)(O)OP(=O)(O)OP(=O)(O)O)O3)c3ncnc(N)c23)c1. The quantitative estimate of drug-likeness (QED) is 0.0144. The number of rotatable bonds is 27. The molecule has 1 saturated heterocycles. The predicted octanol–water partition coefficient (Wildman–Crippen LogP) is 2.61. The highest BCUT2D eigenvalue weighted by molar-refractivity contribution is 7.66. The zero-order chi connectivity index (χ0) is 48.3.